The molecule has 1 aliphatic carbocycles. The second kappa shape index (κ2) is 7.03. The zero-order chi connectivity index (χ0) is 19.8. The van der Waals surface area contributed by atoms with Crippen molar-refractivity contribution in [1.29, 1.82) is 0 Å². The predicted molar refractivity (Wildman–Crippen MR) is 106 cm³/mol. The molecule has 1 saturated carbocycles. The summed E-state index contributed by atoms with van der Waals surface area (Å²) in [7, 11) is -3.69. The third-order valence-electron chi connectivity index (χ3n) is 5.17. The normalized spacial score (nSPS) is 16.2. The molecule has 0 amide bonds. The monoisotopic (exact) mass is 398 g/mol. The number of benzene rings is 2. The first-order chi connectivity index (χ1) is 13.4. The Hall–Kier alpha value is -2.71. The van der Waals surface area contributed by atoms with Crippen molar-refractivity contribution in [3.8, 4) is 11.5 Å². The quantitative estimate of drug-likeness (QED) is 0.680. The molecule has 0 bridgehead atoms. The maximum atomic E-state index is 12.6. The van der Waals surface area contributed by atoms with Crippen LogP contribution in [0.5, 0.6) is 0 Å². The van der Waals surface area contributed by atoms with E-state index >= 15 is 0 Å². The standard InChI is InChI=1S/C20H22N4O3S/c1-14-6-2-3-7-17(14)24-28(25,26)16-10-8-15(9-11-16)18-22-19(23-27-18)20(21)12-4-5-13-20/h2-3,6-11,24H,4-5,12-13,21H2,1H3. The largest absolute Gasteiger partial charge is 0.334 e. The first kappa shape index (κ1) is 18.6. The van der Waals surface area contributed by atoms with Gasteiger partial charge in [0, 0.05) is 5.56 Å². The van der Waals surface area contributed by atoms with Gasteiger partial charge in [0.05, 0.1) is 16.1 Å². The number of rotatable bonds is 5. The Labute approximate surface area is 164 Å². The van der Waals surface area contributed by atoms with Gasteiger partial charge in [0.25, 0.3) is 15.9 Å². The molecule has 146 valence electrons. The van der Waals surface area contributed by atoms with Crippen LogP contribution in [0.15, 0.2) is 57.9 Å². The summed E-state index contributed by atoms with van der Waals surface area (Å²) in [6.07, 6.45) is 3.79. The van der Waals surface area contributed by atoms with Crippen LogP contribution in [0.4, 0.5) is 5.69 Å². The van der Waals surface area contributed by atoms with Crippen molar-refractivity contribution in [1.82, 2.24) is 10.1 Å². The minimum absolute atomic E-state index is 0.158. The Bertz CT molecular complexity index is 1080. The van der Waals surface area contributed by atoms with Gasteiger partial charge in [0.2, 0.25) is 0 Å². The summed E-state index contributed by atoms with van der Waals surface area (Å²) in [6.45, 7) is 1.85. The Morgan fingerprint density at radius 1 is 1.07 bits per heavy atom. The molecule has 3 aromatic rings. The highest BCUT2D eigenvalue weighted by molar-refractivity contribution is 7.92. The van der Waals surface area contributed by atoms with Crippen LogP contribution >= 0.6 is 0 Å². The molecule has 0 aliphatic heterocycles. The van der Waals surface area contributed by atoms with Crippen molar-refractivity contribution < 1.29 is 12.9 Å². The van der Waals surface area contributed by atoms with E-state index in [0.29, 0.717) is 23.0 Å². The fourth-order valence-electron chi connectivity index (χ4n) is 3.44. The maximum Gasteiger partial charge on any atom is 0.261 e. The lowest BCUT2D eigenvalue weighted by molar-refractivity contribution is 0.372. The van der Waals surface area contributed by atoms with Crippen LogP contribution in [0.2, 0.25) is 0 Å². The number of nitrogens with zero attached hydrogens (tertiary/aromatic N) is 2. The number of aryl methyl sites for hydroxylation is 1. The molecule has 0 unspecified atom stereocenters. The van der Waals surface area contributed by atoms with Crippen LogP contribution in [0, 0.1) is 6.92 Å². The Balaban J connectivity index is 1.56. The second-order valence-electron chi connectivity index (χ2n) is 7.23. The molecule has 1 aliphatic rings. The van der Waals surface area contributed by atoms with Gasteiger partial charge in [-0.05, 0) is 55.7 Å². The highest BCUT2D eigenvalue weighted by atomic mass is 32.2. The molecule has 2 aromatic carbocycles. The number of hydrogen-bond donors (Lipinski definition) is 2. The number of anilines is 1. The van der Waals surface area contributed by atoms with E-state index < -0.39 is 15.6 Å². The van der Waals surface area contributed by atoms with Gasteiger partial charge in [-0.15, -0.1) is 0 Å². The van der Waals surface area contributed by atoms with E-state index in [2.05, 4.69) is 14.9 Å². The highest BCUT2D eigenvalue weighted by Gasteiger charge is 2.36. The first-order valence-electron chi connectivity index (χ1n) is 9.19. The summed E-state index contributed by atoms with van der Waals surface area (Å²) in [5.41, 5.74) is 7.89. The second-order valence-corrected chi connectivity index (χ2v) is 8.91. The molecule has 0 saturated heterocycles. The number of sulfonamides is 1. The van der Waals surface area contributed by atoms with Gasteiger partial charge >= 0.3 is 0 Å². The third-order valence-corrected chi connectivity index (χ3v) is 6.55. The van der Waals surface area contributed by atoms with Crippen molar-refractivity contribution >= 4 is 15.7 Å². The van der Waals surface area contributed by atoms with Gasteiger partial charge in [0.1, 0.15) is 0 Å². The maximum absolute atomic E-state index is 12.6. The van der Waals surface area contributed by atoms with Crippen LogP contribution in [0.3, 0.4) is 0 Å². The number of nitrogens with two attached hydrogens (primary N) is 1. The Morgan fingerprint density at radius 2 is 1.75 bits per heavy atom. The smallest absolute Gasteiger partial charge is 0.261 e. The fourth-order valence-corrected chi connectivity index (χ4v) is 4.57. The number of para-hydroxylation sites is 1. The summed E-state index contributed by atoms with van der Waals surface area (Å²) in [6, 6.07) is 13.6. The van der Waals surface area contributed by atoms with Crippen molar-refractivity contribution in [3.05, 3.63) is 59.9 Å². The molecule has 0 radical (unpaired) electrons. The molecule has 8 heteroatoms. The van der Waals surface area contributed by atoms with Crippen LogP contribution < -0.4 is 10.5 Å². The van der Waals surface area contributed by atoms with Gasteiger partial charge in [-0.1, -0.05) is 36.2 Å². The van der Waals surface area contributed by atoms with E-state index in [-0.39, 0.29) is 4.90 Å². The molecular formula is C20H22N4O3S. The highest BCUT2D eigenvalue weighted by Crippen LogP contribution is 2.35. The van der Waals surface area contributed by atoms with Crippen molar-refractivity contribution in [2.45, 2.75) is 43.0 Å². The van der Waals surface area contributed by atoms with Crippen LogP contribution in [-0.2, 0) is 15.6 Å². The lowest BCUT2D eigenvalue weighted by atomic mass is 9.99. The van der Waals surface area contributed by atoms with E-state index in [4.69, 9.17) is 10.3 Å². The number of aromatic nitrogens is 2. The molecule has 1 heterocycles. The van der Waals surface area contributed by atoms with Crippen molar-refractivity contribution in [3.63, 3.8) is 0 Å². The number of nitrogens with one attached hydrogen (secondary N) is 1. The van der Waals surface area contributed by atoms with E-state index in [1.807, 2.05) is 19.1 Å². The fraction of sp³-hybridized carbons (Fsp3) is 0.300. The SMILES string of the molecule is Cc1ccccc1NS(=O)(=O)c1ccc(-c2nc(C3(N)CCCC3)no2)cc1. The summed E-state index contributed by atoms with van der Waals surface area (Å²) >= 11 is 0. The lowest BCUT2D eigenvalue weighted by Crippen LogP contribution is -2.34. The first-order valence-corrected chi connectivity index (χ1v) is 10.7. The van der Waals surface area contributed by atoms with Gasteiger partial charge < -0.3 is 10.3 Å². The van der Waals surface area contributed by atoms with E-state index in [9.17, 15) is 8.42 Å². The molecule has 4 rings (SSSR count). The number of hydrogen-bond acceptors (Lipinski definition) is 6. The Morgan fingerprint density at radius 3 is 2.43 bits per heavy atom. The minimum atomic E-state index is -3.69. The minimum Gasteiger partial charge on any atom is -0.334 e. The predicted octanol–water partition coefficient (Wildman–Crippen LogP) is 3.57. The van der Waals surface area contributed by atoms with Gasteiger partial charge in [-0.2, -0.15) is 4.98 Å². The molecule has 0 atom stereocenters. The molecule has 3 N–H and O–H groups in total. The van der Waals surface area contributed by atoms with Crippen molar-refractivity contribution in [2.75, 3.05) is 4.72 Å². The van der Waals surface area contributed by atoms with E-state index in [0.717, 1.165) is 31.2 Å². The van der Waals surface area contributed by atoms with Crippen LogP contribution in [-0.4, -0.2) is 18.6 Å². The van der Waals surface area contributed by atoms with Gasteiger partial charge in [-0.25, -0.2) is 8.42 Å². The molecule has 1 aromatic heterocycles. The zero-order valence-electron chi connectivity index (χ0n) is 15.6. The average molecular weight is 398 g/mol. The molecule has 28 heavy (non-hydrogen) atoms. The summed E-state index contributed by atoms with van der Waals surface area (Å²) in [5.74, 6) is 0.848. The van der Waals surface area contributed by atoms with Gasteiger partial charge in [0.15, 0.2) is 5.82 Å². The average Bonchev–Trinajstić information content (AvgIpc) is 3.34. The van der Waals surface area contributed by atoms with Gasteiger partial charge in [-0.3, -0.25) is 4.72 Å². The summed E-state index contributed by atoms with van der Waals surface area (Å²) < 4.78 is 33.3. The lowest BCUT2D eigenvalue weighted by Gasteiger charge is -2.17. The van der Waals surface area contributed by atoms with E-state index in [1.165, 1.54) is 12.1 Å². The molecule has 1 fully saturated rings. The zero-order valence-corrected chi connectivity index (χ0v) is 16.4. The summed E-state index contributed by atoms with van der Waals surface area (Å²) in [5, 5.41) is 4.04. The molecule has 0 spiro atoms. The van der Waals surface area contributed by atoms with Crippen molar-refractivity contribution in [2.24, 2.45) is 5.73 Å². The molecular weight excluding hydrogens is 376 g/mol. The van der Waals surface area contributed by atoms with Crippen LogP contribution in [0.25, 0.3) is 11.5 Å². The van der Waals surface area contributed by atoms with Crippen LogP contribution in [0.1, 0.15) is 37.1 Å². The topological polar surface area (TPSA) is 111 Å². The Kier molecular flexibility index (Phi) is 4.68. The summed E-state index contributed by atoms with van der Waals surface area (Å²) in [4.78, 5) is 4.60. The molecule has 7 nitrogen and oxygen atoms in total. The van der Waals surface area contributed by atoms with E-state index in [1.54, 1.807) is 24.3 Å². The third kappa shape index (κ3) is 3.53.